The Kier molecular flexibility index (Phi) is 6.52. The van der Waals surface area contributed by atoms with Crippen molar-refractivity contribution in [3.05, 3.63) is 89.0 Å². The Morgan fingerprint density at radius 1 is 1.08 bits per heavy atom. The van der Waals surface area contributed by atoms with E-state index in [0.29, 0.717) is 6.42 Å². The standard InChI is InChI=1S/C20H18O4S/c1-24-20(21)15-7-11-17-9-5-6-10-18(17)12-8-16-25(22,23)19-13-3-2-4-14-19/h2-7,9-10,12-16H,11H2,1H3/b15-7+. The van der Waals surface area contributed by atoms with Crippen LogP contribution >= 0.6 is 0 Å². The van der Waals surface area contributed by atoms with Gasteiger partial charge in [-0.3, -0.25) is 0 Å². The molecular formula is C20H18O4S. The summed E-state index contributed by atoms with van der Waals surface area (Å²) in [4.78, 5) is 11.3. The van der Waals surface area contributed by atoms with Crippen LogP contribution in [0.1, 0.15) is 11.1 Å². The van der Waals surface area contributed by atoms with Crippen LogP contribution in [-0.4, -0.2) is 21.5 Å². The van der Waals surface area contributed by atoms with E-state index < -0.39 is 15.8 Å². The number of hydrogen-bond acceptors (Lipinski definition) is 4. The van der Waals surface area contributed by atoms with Crippen LogP contribution in [0.25, 0.3) is 6.08 Å². The molecule has 25 heavy (non-hydrogen) atoms. The predicted molar refractivity (Wildman–Crippen MR) is 97.5 cm³/mol. The number of methoxy groups -OCH3 is 1. The molecule has 2 rings (SSSR count). The second-order valence-corrected chi connectivity index (χ2v) is 6.91. The minimum absolute atomic E-state index is 0.227. The highest BCUT2D eigenvalue weighted by atomic mass is 32.2. The average Bonchev–Trinajstić information content (AvgIpc) is 2.63. The van der Waals surface area contributed by atoms with Gasteiger partial charge < -0.3 is 4.74 Å². The summed E-state index contributed by atoms with van der Waals surface area (Å²) in [6.45, 7) is 0. The second-order valence-electron chi connectivity index (χ2n) is 5.12. The van der Waals surface area contributed by atoms with Crippen molar-refractivity contribution in [1.82, 2.24) is 0 Å². The third-order valence-electron chi connectivity index (χ3n) is 3.38. The normalized spacial score (nSPS) is 10.9. The van der Waals surface area contributed by atoms with Crippen molar-refractivity contribution in [3.8, 4) is 0 Å². The van der Waals surface area contributed by atoms with Crippen molar-refractivity contribution < 1.29 is 17.9 Å². The molecule has 0 amide bonds. The molecule has 0 heterocycles. The van der Waals surface area contributed by atoms with E-state index in [1.807, 2.05) is 24.3 Å². The number of benzene rings is 2. The van der Waals surface area contributed by atoms with Crippen LogP contribution in [0.4, 0.5) is 0 Å². The summed E-state index contributed by atoms with van der Waals surface area (Å²) in [5.74, 6) is -0.415. The summed E-state index contributed by atoms with van der Waals surface area (Å²) in [5.41, 5.74) is 4.51. The fourth-order valence-corrected chi connectivity index (χ4v) is 3.02. The van der Waals surface area contributed by atoms with Gasteiger partial charge in [0.2, 0.25) is 9.84 Å². The summed E-state index contributed by atoms with van der Waals surface area (Å²) in [6, 6.07) is 15.7. The van der Waals surface area contributed by atoms with Crippen molar-refractivity contribution in [2.24, 2.45) is 0 Å². The minimum atomic E-state index is -3.52. The number of hydrogen-bond donors (Lipinski definition) is 0. The van der Waals surface area contributed by atoms with Gasteiger partial charge in [-0.15, -0.1) is 5.73 Å². The van der Waals surface area contributed by atoms with Gasteiger partial charge in [0.05, 0.1) is 17.4 Å². The average molecular weight is 354 g/mol. The van der Waals surface area contributed by atoms with E-state index in [0.717, 1.165) is 16.5 Å². The first-order valence-corrected chi connectivity index (χ1v) is 9.12. The lowest BCUT2D eigenvalue weighted by Gasteiger charge is -2.01. The summed E-state index contributed by atoms with van der Waals surface area (Å²) < 4.78 is 28.9. The third kappa shape index (κ3) is 5.60. The number of carbonyl (C=O) groups is 1. The van der Waals surface area contributed by atoms with Gasteiger partial charge in [0, 0.05) is 6.08 Å². The molecule has 2 aromatic carbocycles. The first-order chi connectivity index (χ1) is 12.0. The van der Waals surface area contributed by atoms with E-state index in [2.05, 4.69) is 10.5 Å². The number of sulfone groups is 1. The van der Waals surface area contributed by atoms with Crippen molar-refractivity contribution in [3.63, 3.8) is 0 Å². The lowest BCUT2D eigenvalue weighted by molar-refractivity contribution is -0.134. The Bertz CT molecular complexity index is 919. The fraction of sp³-hybridized carbons (Fsp3) is 0.100. The van der Waals surface area contributed by atoms with Crippen molar-refractivity contribution >= 4 is 21.9 Å². The van der Waals surface area contributed by atoms with Crippen molar-refractivity contribution in [2.75, 3.05) is 7.11 Å². The molecule has 0 aliphatic heterocycles. The molecule has 5 heteroatoms. The third-order valence-corrected chi connectivity index (χ3v) is 4.76. The molecule has 128 valence electrons. The van der Waals surface area contributed by atoms with Gasteiger partial charge in [-0.2, -0.15) is 0 Å². The van der Waals surface area contributed by atoms with Crippen LogP contribution in [-0.2, 0) is 25.8 Å². The maximum atomic E-state index is 12.2. The van der Waals surface area contributed by atoms with Crippen molar-refractivity contribution in [1.29, 1.82) is 0 Å². The molecule has 0 saturated carbocycles. The summed E-state index contributed by atoms with van der Waals surface area (Å²) in [5, 5.41) is 1.06. The van der Waals surface area contributed by atoms with Gasteiger partial charge in [0.15, 0.2) is 0 Å². The van der Waals surface area contributed by atoms with Gasteiger partial charge >= 0.3 is 5.97 Å². The van der Waals surface area contributed by atoms with E-state index in [-0.39, 0.29) is 4.90 Å². The SMILES string of the molecule is COC(=O)/C=C/Cc1ccccc1C=C=CS(=O)(=O)c1ccccc1. The van der Waals surface area contributed by atoms with Crippen molar-refractivity contribution in [2.45, 2.75) is 11.3 Å². The Labute approximate surface area is 147 Å². The second kappa shape index (κ2) is 8.83. The van der Waals surface area contributed by atoms with E-state index in [1.54, 1.807) is 42.5 Å². The molecule has 0 N–H and O–H groups in total. The number of ether oxygens (including phenoxy) is 1. The molecule has 0 saturated heterocycles. The van der Waals surface area contributed by atoms with Crippen LogP contribution < -0.4 is 0 Å². The first kappa shape index (κ1) is 18.5. The topological polar surface area (TPSA) is 60.4 Å². The highest BCUT2D eigenvalue weighted by Crippen LogP contribution is 2.13. The molecule has 0 aliphatic carbocycles. The van der Waals surface area contributed by atoms with Crippen LogP contribution in [0.5, 0.6) is 0 Å². The molecule has 0 radical (unpaired) electrons. The zero-order chi connectivity index (χ0) is 18.1. The van der Waals surface area contributed by atoms with Gasteiger partial charge in [-0.05, 0) is 35.8 Å². The molecule has 0 unspecified atom stereocenters. The maximum absolute atomic E-state index is 12.2. The Balaban J connectivity index is 2.21. The van der Waals surface area contributed by atoms with Gasteiger partial charge in [-0.1, -0.05) is 48.5 Å². The summed E-state index contributed by atoms with van der Waals surface area (Å²) in [7, 11) is -2.20. The number of carbonyl (C=O) groups excluding carboxylic acids is 1. The fourth-order valence-electron chi connectivity index (χ4n) is 2.10. The van der Waals surface area contributed by atoms with Crippen LogP contribution in [0, 0.1) is 0 Å². The molecule has 4 nitrogen and oxygen atoms in total. The first-order valence-electron chi connectivity index (χ1n) is 7.58. The van der Waals surface area contributed by atoms with E-state index >= 15 is 0 Å². The summed E-state index contributed by atoms with van der Waals surface area (Å²) in [6.07, 6.45) is 5.19. The lowest BCUT2D eigenvalue weighted by Crippen LogP contribution is -1.95. The van der Waals surface area contributed by atoms with Gasteiger partial charge in [-0.25, -0.2) is 13.2 Å². The Morgan fingerprint density at radius 2 is 1.76 bits per heavy atom. The Hall–Kier alpha value is -2.88. The smallest absolute Gasteiger partial charge is 0.330 e. The molecule has 0 bridgehead atoms. The molecule has 0 fully saturated rings. The molecule has 0 atom stereocenters. The van der Waals surface area contributed by atoms with E-state index in [9.17, 15) is 13.2 Å². The minimum Gasteiger partial charge on any atom is -0.466 e. The monoisotopic (exact) mass is 354 g/mol. The Morgan fingerprint density at radius 3 is 2.48 bits per heavy atom. The van der Waals surface area contributed by atoms with Gasteiger partial charge in [0.25, 0.3) is 0 Å². The number of esters is 1. The molecule has 0 aromatic heterocycles. The maximum Gasteiger partial charge on any atom is 0.330 e. The molecule has 0 aliphatic rings. The molecule has 2 aromatic rings. The lowest BCUT2D eigenvalue weighted by atomic mass is 10.0. The quantitative estimate of drug-likeness (QED) is 0.452. The zero-order valence-corrected chi connectivity index (χ0v) is 14.6. The highest BCUT2D eigenvalue weighted by molar-refractivity contribution is 7.94. The molecule has 0 spiro atoms. The molecular weight excluding hydrogens is 336 g/mol. The van der Waals surface area contributed by atoms with Crippen LogP contribution in [0.2, 0.25) is 0 Å². The van der Waals surface area contributed by atoms with Crippen LogP contribution in [0.15, 0.2) is 82.8 Å². The van der Waals surface area contributed by atoms with E-state index in [4.69, 9.17) is 0 Å². The number of allylic oxidation sites excluding steroid dienone is 1. The predicted octanol–water partition coefficient (Wildman–Crippen LogP) is 3.56. The van der Waals surface area contributed by atoms with Crippen LogP contribution in [0.3, 0.4) is 0 Å². The summed E-state index contributed by atoms with van der Waals surface area (Å²) >= 11 is 0. The number of rotatable bonds is 6. The van der Waals surface area contributed by atoms with Gasteiger partial charge in [0.1, 0.15) is 0 Å². The largest absolute Gasteiger partial charge is 0.466 e. The highest BCUT2D eigenvalue weighted by Gasteiger charge is 2.08. The van der Waals surface area contributed by atoms with E-state index in [1.165, 1.54) is 13.2 Å². The zero-order valence-electron chi connectivity index (χ0n) is 13.8.